The average Bonchev–Trinajstić information content (AvgIpc) is 2.15. The molecule has 0 aliphatic carbocycles. The third-order valence-electron chi connectivity index (χ3n) is 1.45. The molecule has 9 heteroatoms. The Kier molecular flexibility index (Phi) is 9.59. The Balaban J connectivity index is 0. The Morgan fingerprint density at radius 1 is 1.36 bits per heavy atom. The number of alkyl halides is 3. The summed E-state index contributed by atoms with van der Waals surface area (Å²) in [5, 5.41) is 21.5. The molecule has 4 nitrogen and oxygen atoms in total. The van der Waals surface area contributed by atoms with Gasteiger partial charge in [0.05, 0.1) is 0 Å². The van der Waals surface area contributed by atoms with E-state index in [0.29, 0.717) is 4.90 Å². The van der Waals surface area contributed by atoms with Crippen molar-refractivity contribution in [2.24, 2.45) is 0 Å². The van der Waals surface area contributed by atoms with Crippen LogP contribution in [0.1, 0.15) is 6.42 Å². The van der Waals surface area contributed by atoms with Crippen molar-refractivity contribution < 1.29 is 79.6 Å². The molecule has 1 heterocycles. The van der Waals surface area contributed by atoms with Crippen LogP contribution >= 0.6 is 0 Å². The van der Waals surface area contributed by atoms with Crippen LogP contribution < -0.4 is 51.4 Å². The summed E-state index contributed by atoms with van der Waals surface area (Å²) in [6.45, 7) is 0.0359. The minimum atomic E-state index is -3.33. The maximum absolute atomic E-state index is 12.2. The van der Waals surface area contributed by atoms with Crippen molar-refractivity contribution in [2.75, 3.05) is 6.54 Å². The summed E-state index contributed by atoms with van der Waals surface area (Å²) in [6.07, 6.45) is -2.15. The van der Waals surface area contributed by atoms with Gasteiger partial charge in [0, 0.05) is 0 Å². The molecule has 0 aromatic carbocycles. The number of likely N-dealkylation sites (tertiary alicyclic amines) is 1. The largest absolute Gasteiger partial charge is 1.00 e. The Hall–Kier alpha value is 1.33. The van der Waals surface area contributed by atoms with Crippen LogP contribution in [0.2, 0.25) is 0 Å². The molecule has 0 aromatic rings. The molecule has 0 radical (unpaired) electrons. The summed E-state index contributed by atoms with van der Waals surface area (Å²) < 4.78 is 36.6. The van der Waals surface area contributed by atoms with Crippen LogP contribution in [-0.4, -0.2) is 46.1 Å². The van der Waals surface area contributed by atoms with Crippen molar-refractivity contribution in [1.82, 2.24) is 4.90 Å². The van der Waals surface area contributed by atoms with E-state index in [4.69, 9.17) is 15.1 Å². The molecule has 1 unspecified atom stereocenters. The standard InChI is InChI=1S/C5H7F3N.BH3O3.K/c1-9-3-2-4(6)5(9,7)8;2-1(3)4;/h4H,1-3H2;2-4H;/q-1;;+1. The van der Waals surface area contributed by atoms with E-state index in [-0.39, 0.29) is 64.4 Å². The molecule has 14 heavy (non-hydrogen) atoms. The minimum absolute atomic E-state index is 0. The summed E-state index contributed by atoms with van der Waals surface area (Å²) in [6, 6.07) is -3.33. The van der Waals surface area contributed by atoms with Gasteiger partial charge in [-0.3, -0.25) is 7.05 Å². The predicted molar refractivity (Wildman–Crippen MR) is 38.9 cm³/mol. The first kappa shape index (κ1) is 17.7. The topological polar surface area (TPSA) is 63.9 Å². The third kappa shape index (κ3) is 6.03. The second kappa shape index (κ2) is 7.58. The van der Waals surface area contributed by atoms with Gasteiger partial charge in [-0.25, -0.2) is 4.39 Å². The summed E-state index contributed by atoms with van der Waals surface area (Å²) in [5.41, 5.74) is 0. The fourth-order valence-electron chi connectivity index (χ4n) is 0.790. The predicted octanol–water partition coefficient (Wildman–Crippen LogP) is -3.63. The first-order valence-corrected chi connectivity index (χ1v) is 3.42. The Morgan fingerprint density at radius 3 is 1.79 bits per heavy atom. The molecule has 1 aliphatic rings. The van der Waals surface area contributed by atoms with Crippen molar-refractivity contribution in [3.8, 4) is 0 Å². The van der Waals surface area contributed by atoms with E-state index in [2.05, 4.69) is 7.05 Å². The SMILES string of the molecule is OB(O)O.[CH2-]N1CCC(F)C1(F)F.[K+]. The third-order valence-corrected chi connectivity index (χ3v) is 1.45. The van der Waals surface area contributed by atoms with Gasteiger partial charge >= 0.3 is 64.8 Å². The molecule has 0 amide bonds. The Labute approximate surface area is 123 Å². The quantitative estimate of drug-likeness (QED) is 0.232. The first-order chi connectivity index (χ1) is 5.78. The van der Waals surface area contributed by atoms with Gasteiger partial charge < -0.3 is 20.0 Å². The van der Waals surface area contributed by atoms with E-state index in [1.807, 2.05) is 0 Å². The van der Waals surface area contributed by atoms with E-state index in [1.54, 1.807) is 0 Å². The number of hydrogen-bond donors (Lipinski definition) is 3. The molecule has 1 rings (SSSR count). The van der Waals surface area contributed by atoms with E-state index < -0.39 is 19.5 Å². The van der Waals surface area contributed by atoms with E-state index in [9.17, 15) is 13.2 Å². The van der Waals surface area contributed by atoms with E-state index in [0.717, 1.165) is 0 Å². The molecule has 1 aliphatic heterocycles. The van der Waals surface area contributed by atoms with E-state index >= 15 is 0 Å². The number of nitrogens with zero attached hydrogens (tertiary/aromatic N) is 1. The fraction of sp³-hybridized carbons (Fsp3) is 0.800. The van der Waals surface area contributed by atoms with Gasteiger partial charge in [-0.1, -0.05) is 0 Å². The van der Waals surface area contributed by atoms with Crippen LogP contribution in [0.15, 0.2) is 0 Å². The second-order valence-electron chi connectivity index (χ2n) is 2.45. The smallest absolute Gasteiger partial charge is 0.402 e. The molecule has 1 saturated heterocycles. The van der Waals surface area contributed by atoms with Gasteiger partial charge in [-0.2, -0.15) is 8.78 Å². The van der Waals surface area contributed by atoms with Gasteiger partial charge in [0.25, 0.3) is 0 Å². The van der Waals surface area contributed by atoms with Gasteiger partial charge in [0.1, 0.15) is 0 Å². The van der Waals surface area contributed by atoms with Crippen molar-refractivity contribution in [2.45, 2.75) is 18.6 Å². The molecule has 1 fully saturated rings. The first-order valence-electron chi connectivity index (χ1n) is 3.42. The zero-order valence-electron chi connectivity index (χ0n) is 7.70. The number of rotatable bonds is 0. The monoisotopic (exact) mass is 239 g/mol. The molecule has 0 bridgehead atoms. The van der Waals surface area contributed by atoms with Gasteiger partial charge in [0.15, 0.2) is 6.17 Å². The van der Waals surface area contributed by atoms with Crippen molar-refractivity contribution in [3.05, 3.63) is 7.05 Å². The zero-order chi connectivity index (χ0) is 10.6. The summed E-state index contributed by atoms with van der Waals surface area (Å²) in [5.74, 6) is 0. The Morgan fingerprint density at radius 2 is 1.71 bits per heavy atom. The van der Waals surface area contributed by atoms with Crippen LogP contribution in [0.4, 0.5) is 13.2 Å². The molecule has 3 N–H and O–H groups in total. The molecule has 0 saturated carbocycles. The molecular weight excluding hydrogens is 229 g/mol. The van der Waals surface area contributed by atoms with Crippen molar-refractivity contribution >= 4 is 7.32 Å². The summed E-state index contributed by atoms with van der Waals surface area (Å²) in [7, 11) is 0.817. The molecule has 78 valence electrons. The maximum atomic E-state index is 12.2. The number of hydrogen-bond acceptors (Lipinski definition) is 4. The van der Waals surface area contributed by atoms with Crippen molar-refractivity contribution in [3.63, 3.8) is 0 Å². The summed E-state index contributed by atoms with van der Waals surface area (Å²) in [4.78, 5) is 0.484. The molecule has 1 atom stereocenters. The fourth-order valence-corrected chi connectivity index (χ4v) is 0.790. The van der Waals surface area contributed by atoms with Crippen LogP contribution in [0.3, 0.4) is 0 Å². The minimum Gasteiger partial charge on any atom is -0.402 e. The van der Waals surface area contributed by atoms with E-state index in [1.165, 1.54) is 0 Å². The normalized spacial score (nSPS) is 24.6. The average molecular weight is 239 g/mol. The van der Waals surface area contributed by atoms with Crippen LogP contribution in [-0.2, 0) is 0 Å². The maximum Gasteiger partial charge on any atom is 1.00 e. The Bertz CT molecular complexity index is 150. The number of halogens is 3. The van der Waals surface area contributed by atoms with Gasteiger partial charge in [0.2, 0.25) is 0 Å². The second-order valence-corrected chi connectivity index (χ2v) is 2.45. The molecule has 0 aromatic heterocycles. The van der Waals surface area contributed by atoms with Crippen molar-refractivity contribution in [1.29, 1.82) is 0 Å². The molecule has 0 spiro atoms. The van der Waals surface area contributed by atoms with Crippen LogP contribution in [0, 0.1) is 7.05 Å². The van der Waals surface area contributed by atoms with Gasteiger partial charge in [-0.05, 0) is 13.0 Å². The summed E-state index contributed by atoms with van der Waals surface area (Å²) >= 11 is 0. The van der Waals surface area contributed by atoms with Crippen LogP contribution in [0.25, 0.3) is 0 Å². The molecular formula is C5H10BF3KNO3. The van der Waals surface area contributed by atoms with Gasteiger partial charge in [-0.15, -0.1) is 0 Å². The van der Waals surface area contributed by atoms with Crippen LogP contribution in [0.5, 0.6) is 0 Å². The zero-order valence-corrected chi connectivity index (χ0v) is 10.8.